The van der Waals surface area contributed by atoms with Gasteiger partial charge in [-0.3, -0.25) is 14.7 Å². The number of benzene rings is 1. The van der Waals surface area contributed by atoms with Gasteiger partial charge in [-0.1, -0.05) is 18.2 Å². The van der Waals surface area contributed by atoms with E-state index in [4.69, 9.17) is 4.98 Å². The van der Waals surface area contributed by atoms with Crippen molar-refractivity contribution in [3.63, 3.8) is 0 Å². The molecule has 1 aromatic carbocycles. The Morgan fingerprint density at radius 1 is 1.18 bits per heavy atom. The number of nitrogens with one attached hydrogen (secondary N) is 1. The summed E-state index contributed by atoms with van der Waals surface area (Å²) in [4.78, 5) is 27.6. The molecule has 144 valence electrons. The summed E-state index contributed by atoms with van der Waals surface area (Å²) in [7, 11) is 0. The maximum Gasteiger partial charge on any atom is 0.221 e. The SMILES string of the molecule is CC(=O)Nc1cc2ccccc2nc1C1CCN(Cc2cnc(C)nc2)CC1. The second-order valence-electron chi connectivity index (χ2n) is 7.48. The standard InChI is InChI=1S/C22H25N5O/c1-15-23-12-17(13-24-15)14-27-9-7-18(8-10-27)22-21(25-16(2)28)11-19-5-3-4-6-20(19)26-22/h3-6,11-13,18H,7-10,14H2,1-2H3,(H,25,28). The first-order valence-corrected chi connectivity index (χ1v) is 9.75. The number of aryl methyl sites for hydroxylation is 1. The maximum absolute atomic E-state index is 11.7. The summed E-state index contributed by atoms with van der Waals surface area (Å²) >= 11 is 0. The van der Waals surface area contributed by atoms with Gasteiger partial charge in [-0.25, -0.2) is 9.97 Å². The molecule has 0 spiro atoms. The van der Waals surface area contributed by atoms with E-state index in [1.807, 2.05) is 43.6 Å². The first-order valence-electron chi connectivity index (χ1n) is 9.75. The number of hydrogen-bond acceptors (Lipinski definition) is 5. The largest absolute Gasteiger partial charge is 0.325 e. The van der Waals surface area contributed by atoms with E-state index in [2.05, 4.69) is 26.3 Å². The highest BCUT2D eigenvalue weighted by atomic mass is 16.1. The molecule has 2 aromatic heterocycles. The van der Waals surface area contributed by atoms with E-state index in [0.717, 1.165) is 66.1 Å². The Labute approximate surface area is 165 Å². The zero-order valence-corrected chi connectivity index (χ0v) is 16.4. The highest BCUT2D eigenvalue weighted by Gasteiger charge is 2.24. The average molecular weight is 375 g/mol. The maximum atomic E-state index is 11.7. The zero-order chi connectivity index (χ0) is 19.5. The Hall–Kier alpha value is -2.86. The predicted molar refractivity (Wildman–Crippen MR) is 110 cm³/mol. The molecule has 3 heterocycles. The van der Waals surface area contributed by atoms with Crippen molar-refractivity contribution < 1.29 is 4.79 Å². The van der Waals surface area contributed by atoms with Gasteiger partial charge in [0.15, 0.2) is 0 Å². The number of amides is 1. The fraction of sp³-hybridized carbons (Fsp3) is 0.364. The van der Waals surface area contributed by atoms with E-state index in [1.165, 1.54) is 0 Å². The van der Waals surface area contributed by atoms with Gasteiger partial charge in [-0.15, -0.1) is 0 Å². The minimum Gasteiger partial charge on any atom is -0.325 e. The van der Waals surface area contributed by atoms with Crippen molar-refractivity contribution in [1.82, 2.24) is 19.9 Å². The topological polar surface area (TPSA) is 71.0 Å². The van der Waals surface area contributed by atoms with Gasteiger partial charge in [0.1, 0.15) is 5.82 Å². The summed E-state index contributed by atoms with van der Waals surface area (Å²) in [5, 5.41) is 4.04. The van der Waals surface area contributed by atoms with Crippen LogP contribution in [-0.2, 0) is 11.3 Å². The molecule has 6 nitrogen and oxygen atoms in total. The summed E-state index contributed by atoms with van der Waals surface area (Å²) in [6.07, 6.45) is 5.86. The lowest BCUT2D eigenvalue weighted by molar-refractivity contribution is -0.114. The number of likely N-dealkylation sites (tertiary alicyclic amines) is 1. The van der Waals surface area contributed by atoms with Crippen molar-refractivity contribution in [1.29, 1.82) is 0 Å². The van der Waals surface area contributed by atoms with E-state index >= 15 is 0 Å². The highest BCUT2D eigenvalue weighted by Crippen LogP contribution is 2.34. The average Bonchev–Trinajstić information content (AvgIpc) is 2.69. The number of nitrogens with zero attached hydrogens (tertiary/aromatic N) is 4. The van der Waals surface area contributed by atoms with Crippen molar-refractivity contribution in [3.8, 4) is 0 Å². The number of hydrogen-bond donors (Lipinski definition) is 1. The van der Waals surface area contributed by atoms with Crippen LogP contribution >= 0.6 is 0 Å². The molecule has 1 amide bonds. The van der Waals surface area contributed by atoms with Gasteiger partial charge in [0.25, 0.3) is 0 Å². The number of rotatable bonds is 4. The molecule has 1 fully saturated rings. The van der Waals surface area contributed by atoms with Crippen LogP contribution in [0.4, 0.5) is 5.69 Å². The number of piperidine rings is 1. The fourth-order valence-corrected chi connectivity index (χ4v) is 3.86. The summed E-state index contributed by atoms with van der Waals surface area (Å²) < 4.78 is 0. The van der Waals surface area contributed by atoms with Crippen LogP contribution in [-0.4, -0.2) is 38.8 Å². The van der Waals surface area contributed by atoms with Crippen molar-refractivity contribution in [2.45, 2.75) is 39.2 Å². The summed E-state index contributed by atoms with van der Waals surface area (Å²) in [6, 6.07) is 10.1. The van der Waals surface area contributed by atoms with E-state index in [9.17, 15) is 4.79 Å². The number of para-hydroxylation sites is 1. The third-order valence-corrected chi connectivity index (χ3v) is 5.28. The molecular formula is C22H25N5O. The molecule has 28 heavy (non-hydrogen) atoms. The van der Waals surface area contributed by atoms with Gasteiger partial charge >= 0.3 is 0 Å². The van der Waals surface area contributed by atoms with E-state index in [1.54, 1.807) is 6.92 Å². The number of carbonyl (C=O) groups excluding carboxylic acids is 1. The molecule has 1 N–H and O–H groups in total. The Bertz CT molecular complexity index is 978. The molecule has 6 heteroatoms. The Morgan fingerprint density at radius 3 is 2.61 bits per heavy atom. The molecule has 0 saturated carbocycles. The first-order chi connectivity index (χ1) is 13.6. The third kappa shape index (κ3) is 4.17. The first kappa shape index (κ1) is 18.5. The van der Waals surface area contributed by atoms with Crippen LogP contribution in [0.5, 0.6) is 0 Å². The second-order valence-corrected chi connectivity index (χ2v) is 7.48. The molecule has 1 saturated heterocycles. The summed E-state index contributed by atoms with van der Waals surface area (Å²) in [5.41, 5.74) is 3.97. The molecule has 1 aliphatic heterocycles. The summed E-state index contributed by atoms with van der Waals surface area (Å²) in [6.45, 7) is 6.31. The molecule has 3 aromatic rings. The molecular weight excluding hydrogens is 350 g/mol. The van der Waals surface area contributed by atoms with Gasteiger partial charge in [-0.2, -0.15) is 0 Å². The van der Waals surface area contributed by atoms with Crippen molar-refractivity contribution >= 4 is 22.5 Å². The minimum absolute atomic E-state index is 0.0601. The van der Waals surface area contributed by atoms with Crippen LogP contribution in [0.1, 0.15) is 42.8 Å². The quantitative estimate of drug-likeness (QED) is 0.753. The van der Waals surface area contributed by atoms with E-state index in [-0.39, 0.29) is 5.91 Å². The molecule has 1 aliphatic rings. The van der Waals surface area contributed by atoms with E-state index in [0.29, 0.717) is 5.92 Å². The van der Waals surface area contributed by atoms with Gasteiger partial charge in [0.05, 0.1) is 16.9 Å². The molecule has 0 bridgehead atoms. The monoisotopic (exact) mass is 375 g/mol. The fourth-order valence-electron chi connectivity index (χ4n) is 3.86. The van der Waals surface area contributed by atoms with Crippen LogP contribution in [0, 0.1) is 6.92 Å². The van der Waals surface area contributed by atoms with Crippen LogP contribution in [0.2, 0.25) is 0 Å². The number of aromatic nitrogens is 3. The lowest BCUT2D eigenvalue weighted by Crippen LogP contribution is -2.33. The molecule has 0 aliphatic carbocycles. The van der Waals surface area contributed by atoms with Crippen LogP contribution in [0.25, 0.3) is 10.9 Å². The highest BCUT2D eigenvalue weighted by molar-refractivity contribution is 5.92. The van der Waals surface area contributed by atoms with Crippen LogP contribution in [0.15, 0.2) is 42.7 Å². The van der Waals surface area contributed by atoms with Crippen LogP contribution in [0.3, 0.4) is 0 Å². The Kier molecular flexibility index (Phi) is 5.30. The lowest BCUT2D eigenvalue weighted by atomic mass is 9.91. The number of carbonyl (C=O) groups is 1. The Balaban J connectivity index is 1.51. The van der Waals surface area contributed by atoms with Crippen molar-refractivity contribution in [3.05, 3.63) is 59.8 Å². The number of anilines is 1. The van der Waals surface area contributed by atoms with E-state index < -0.39 is 0 Å². The smallest absolute Gasteiger partial charge is 0.221 e. The molecule has 4 rings (SSSR count). The molecule has 0 atom stereocenters. The number of pyridine rings is 1. The predicted octanol–water partition coefficient (Wildman–Crippen LogP) is 3.67. The normalized spacial score (nSPS) is 15.6. The molecule has 0 unspecified atom stereocenters. The van der Waals surface area contributed by atoms with Gasteiger partial charge in [0.2, 0.25) is 5.91 Å². The number of fused-ring (bicyclic) bond motifs is 1. The van der Waals surface area contributed by atoms with Crippen LogP contribution < -0.4 is 5.32 Å². The van der Waals surface area contributed by atoms with Gasteiger partial charge in [-0.05, 0) is 45.0 Å². The zero-order valence-electron chi connectivity index (χ0n) is 16.4. The molecule has 0 radical (unpaired) electrons. The van der Waals surface area contributed by atoms with Gasteiger partial charge in [0, 0.05) is 42.7 Å². The summed E-state index contributed by atoms with van der Waals surface area (Å²) in [5.74, 6) is 1.09. The second kappa shape index (κ2) is 8.02. The van der Waals surface area contributed by atoms with Crippen molar-refractivity contribution in [2.24, 2.45) is 0 Å². The third-order valence-electron chi connectivity index (χ3n) is 5.28. The lowest BCUT2D eigenvalue weighted by Gasteiger charge is -2.32. The Morgan fingerprint density at radius 2 is 1.89 bits per heavy atom. The van der Waals surface area contributed by atoms with Crippen molar-refractivity contribution in [2.75, 3.05) is 18.4 Å². The minimum atomic E-state index is -0.0601. The van der Waals surface area contributed by atoms with Gasteiger partial charge < -0.3 is 5.32 Å².